The number of halogens is 1. The minimum Gasteiger partial charge on any atom is -0.508 e. The van der Waals surface area contributed by atoms with Gasteiger partial charge in [-0.15, -0.1) is 0 Å². The van der Waals surface area contributed by atoms with E-state index in [0.717, 1.165) is 25.0 Å². The number of hydrogen-bond donors (Lipinski definition) is 1. The van der Waals surface area contributed by atoms with Crippen molar-refractivity contribution in [2.75, 3.05) is 20.3 Å². The fraction of sp³-hybridized carbons (Fsp3) is 0.500. The molecular formula is C24H32FNO2. The summed E-state index contributed by atoms with van der Waals surface area (Å²) < 4.78 is 17.5. The molecule has 2 aromatic rings. The second-order valence-corrected chi connectivity index (χ2v) is 7.83. The van der Waals surface area contributed by atoms with Gasteiger partial charge in [0.05, 0.1) is 0 Å². The maximum atomic E-state index is 12.2. The van der Waals surface area contributed by atoms with Gasteiger partial charge in [0.1, 0.15) is 24.8 Å². The van der Waals surface area contributed by atoms with Gasteiger partial charge in [-0.05, 0) is 81.0 Å². The van der Waals surface area contributed by atoms with Crippen molar-refractivity contribution in [1.29, 1.82) is 0 Å². The molecular weight excluding hydrogens is 353 g/mol. The summed E-state index contributed by atoms with van der Waals surface area (Å²) >= 11 is 0. The topological polar surface area (TPSA) is 32.7 Å². The lowest BCUT2D eigenvalue weighted by Gasteiger charge is -2.40. The fourth-order valence-electron chi connectivity index (χ4n) is 4.23. The normalized spacial score (nSPS) is 20.2. The monoisotopic (exact) mass is 385 g/mol. The molecule has 0 radical (unpaired) electrons. The zero-order chi connectivity index (χ0) is 19.8. The van der Waals surface area contributed by atoms with Crippen LogP contribution < -0.4 is 4.74 Å². The molecule has 1 N–H and O–H groups in total. The average molecular weight is 386 g/mol. The Morgan fingerprint density at radius 3 is 2.00 bits per heavy atom. The summed E-state index contributed by atoms with van der Waals surface area (Å²) in [4.78, 5) is 2.59. The van der Waals surface area contributed by atoms with Crippen molar-refractivity contribution in [3.8, 4) is 11.5 Å². The number of benzene rings is 2. The van der Waals surface area contributed by atoms with E-state index in [1.807, 2.05) is 24.3 Å². The lowest BCUT2D eigenvalue weighted by atomic mass is 9.89. The Bertz CT molecular complexity index is 702. The van der Waals surface area contributed by atoms with Gasteiger partial charge in [0.2, 0.25) is 0 Å². The smallest absolute Gasteiger partial charge is 0.123 e. The molecule has 0 unspecified atom stereocenters. The third-order valence-corrected chi connectivity index (χ3v) is 5.96. The first-order chi connectivity index (χ1) is 13.7. The highest BCUT2D eigenvalue weighted by atomic mass is 19.1. The largest absolute Gasteiger partial charge is 0.508 e. The Balaban J connectivity index is 1.46. The average Bonchev–Trinajstić information content (AvgIpc) is 2.72. The summed E-state index contributed by atoms with van der Waals surface area (Å²) in [5.41, 5.74) is 2.61. The first-order valence-electron chi connectivity index (χ1n) is 10.4. The fourth-order valence-corrected chi connectivity index (χ4v) is 4.23. The highest BCUT2D eigenvalue weighted by Crippen LogP contribution is 2.27. The molecule has 0 aliphatic carbocycles. The van der Waals surface area contributed by atoms with Crippen molar-refractivity contribution >= 4 is 0 Å². The molecule has 0 aromatic heterocycles. The number of ether oxygens (including phenoxy) is 1. The van der Waals surface area contributed by atoms with Gasteiger partial charge in [-0.25, -0.2) is 4.39 Å². The SMILES string of the molecule is CN1[C@@H](CCc2ccc(O)cc2)CCC[C@H]1CCc1ccc(OCCF)cc1. The molecule has 3 nitrogen and oxygen atoms in total. The molecule has 1 aliphatic rings. The Labute approximate surface area is 168 Å². The van der Waals surface area contributed by atoms with E-state index in [4.69, 9.17) is 4.74 Å². The second kappa shape index (κ2) is 10.5. The summed E-state index contributed by atoms with van der Waals surface area (Å²) in [6, 6.07) is 16.9. The van der Waals surface area contributed by atoms with Crippen molar-refractivity contribution in [1.82, 2.24) is 4.90 Å². The molecule has 28 heavy (non-hydrogen) atoms. The molecule has 1 saturated heterocycles. The van der Waals surface area contributed by atoms with Crippen LogP contribution in [0, 0.1) is 0 Å². The van der Waals surface area contributed by atoms with Crippen molar-refractivity contribution in [3.63, 3.8) is 0 Å². The van der Waals surface area contributed by atoms with Crippen LogP contribution in [0.1, 0.15) is 43.2 Å². The zero-order valence-electron chi connectivity index (χ0n) is 16.8. The standard InChI is InChI=1S/C24H32FNO2/c1-26-21(11-5-19-7-13-23(27)14-8-19)3-2-4-22(26)12-6-20-9-15-24(16-10-20)28-18-17-25/h7-10,13-16,21-22,27H,2-6,11-12,17-18H2,1H3/t21-,22+/m1/s1. The molecule has 3 rings (SSSR count). The third-order valence-electron chi connectivity index (χ3n) is 5.96. The number of phenols is 1. The molecule has 1 aliphatic heterocycles. The Morgan fingerprint density at radius 2 is 1.46 bits per heavy atom. The van der Waals surface area contributed by atoms with Crippen LogP contribution in [-0.4, -0.2) is 42.4 Å². The molecule has 1 heterocycles. The zero-order valence-corrected chi connectivity index (χ0v) is 16.8. The number of nitrogens with zero attached hydrogens (tertiary/aromatic N) is 1. The van der Waals surface area contributed by atoms with Crippen LogP contribution in [0.3, 0.4) is 0 Å². The summed E-state index contributed by atoms with van der Waals surface area (Å²) in [5.74, 6) is 1.08. The minimum atomic E-state index is -0.455. The van der Waals surface area contributed by atoms with Gasteiger partial charge in [0.25, 0.3) is 0 Å². The van der Waals surface area contributed by atoms with Gasteiger partial charge < -0.3 is 14.7 Å². The van der Waals surface area contributed by atoms with E-state index in [9.17, 15) is 9.50 Å². The Kier molecular flexibility index (Phi) is 7.72. The van der Waals surface area contributed by atoms with Gasteiger partial charge in [-0.1, -0.05) is 30.7 Å². The summed E-state index contributed by atoms with van der Waals surface area (Å²) in [6.07, 6.45) is 8.28. The van der Waals surface area contributed by atoms with Crippen molar-refractivity contribution in [3.05, 3.63) is 59.7 Å². The predicted octanol–water partition coefficient (Wildman–Crippen LogP) is 5.16. The number of aromatic hydroxyl groups is 1. The molecule has 0 bridgehead atoms. The van der Waals surface area contributed by atoms with E-state index in [0.29, 0.717) is 17.8 Å². The van der Waals surface area contributed by atoms with Crippen LogP contribution in [0.5, 0.6) is 11.5 Å². The second-order valence-electron chi connectivity index (χ2n) is 7.83. The minimum absolute atomic E-state index is 0.123. The van der Waals surface area contributed by atoms with Crippen LogP contribution in [0.2, 0.25) is 0 Å². The third kappa shape index (κ3) is 5.96. The van der Waals surface area contributed by atoms with Crippen LogP contribution >= 0.6 is 0 Å². The molecule has 152 valence electrons. The lowest BCUT2D eigenvalue weighted by molar-refractivity contribution is 0.103. The van der Waals surface area contributed by atoms with Gasteiger partial charge in [-0.2, -0.15) is 0 Å². The number of likely N-dealkylation sites (tertiary alicyclic amines) is 1. The Morgan fingerprint density at radius 1 is 0.929 bits per heavy atom. The highest BCUT2D eigenvalue weighted by molar-refractivity contribution is 5.27. The van der Waals surface area contributed by atoms with Crippen molar-refractivity contribution in [2.45, 2.75) is 57.0 Å². The van der Waals surface area contributed by atoms with Crippen LogP contribution in [0.4, 0.5) is 4.39 Å². The van der Waals surface area contributed by atoms with Crippen molar-refractivity contribution < 1.29 is 14.2 Å². The van der Waals surface area contributed by atoms with Gasteiger partial charge in [-0.3, -0.25) is 0 Å². The van der Waals surface area contributed by atoms with Crippen LogP contribution in [0.25, 0.3) is 0 Å². The molecule has 0 amide bonds. The van der Waals surface area contributed by atoms with E-state index in [1.54, 1.807) is 12.1 Å². The van der Waals surface area contributed by atoms with Gasteiger partial charge >= 0.3 is 0 Å². The quantitative estimate of drug-likeness (QED) is 0.647. The van der Waals surface area contributed by atoms with Gasteiger partial charge in [0, 0.05) is 12.1 Å². The number of piperidine rings is 1. The summed E-state index contributed by atoms with van der Waals surface area (Å²) in [5, 5.41) is 9.43. The molecule has 4 heteroatoms. The number of hydrogen-bond acceptors (Lipinski definition) is 3. The number of aryl methyl sites for hydroxylation is 2. The van der Waals surface area contributed by atoms with E-state index in [1.165, 1.54) is 36.8 Å². The van der Waals surface area contributed by atoms with E-state index < -0.39 is 6.67 Å². The highest BCUT2D eigenvalue weighted by Gasteiger charge is 2.26. The summed E-state index contributed by atoms with van der Waals surface area (Å²) in [7, 11) is 2.28. The van der Waals surface area contributed by atoms with Gasteiger partial charge in [0.15, 0.2) is 0 Å². The van der Waals surface area contributed by atoms with E-state index >= 15 is 0 Å². The van der Waals surface area contributed by atoms with Crippen LogP contribution in [0.15, 0.2) is 48.5 Å². The van der Waals surface area contributed by atoms with E-state index in [2.05, 4.69) is 24.1 Å². The molecule has 2 atom stereocenters. The first kappa shape index (κ1) is 20.7. The summed E-state index contributed by atoms with van der Waals surface area (Å²) in [6.45, 7) is -0.332. The number of rotatable bonds is 9. The number of phenolic OH excluding ortho intramolecular Hbond substituents is 1. The molecule has 0 spiro atoms. The van der Waals surface area contributed by atoms with Crippen molar-refractivity contribution in [2.24, 2.45) is 0 Å². The molecule has 1 fully saturated rings. The van der Waals surface area contributed by atoms with E-state index in [-0.39, 0.29) is 6.61 Å². The molecule has 2 aromatic carbocycles. The Hall–Kier alpha value is -2.07. The maximum Gasteiger partial charge on any atom is 0.123 e. The molecule has 0 saturated carbocycles. The lowest BCUT2D eigenvalue weighted by Crippen LogP contribution is -2.44. The first-order valence-corrected chi connectivity index (χ1v) is 10.4. The predicted molar refractivity (Wildman–Crippen MR) is 112 cm³/mol. The number of alkyl halides is 1. The van der Waals surface area contributed by atoms with Crippen LogP contribution in [-0.2, 0) is 12.8 Å². The maximum absolute atomic E-state index is 12.2.